The standard InChI is InChI=1S/C24H24N2O2/c1-18-8-12-21(13-9-18)24(28)25-22-14-10-19(11-15-22)16-23(27)26(2)17-20-6-4-3-5-7-20/h3-15H,16-17H2,1-2H3,(H,25,28). The predicted octanol–water partition coefficient (Wildman–Crippen LogP) is 4.45. The molecule has 0 aromatic heterocycles. The third-order valence-corrected chi connectivity index (χ3v) is 4.57. The molecular weight excluding hydrogens is 348 g/mol. The summed E-state index contributed by atoms with van der Waals surface area (Å²) in [6, 6.07) is 24.8. The Bertz CT molecular complexity index is 933. The lowest BCUT2D eigenvalue weighted by Gasteiger charge is -2.17. The monoisotopic (exact) mass is 372 g/mol. The van der Waals surface area contributed by atoms with Crippen LogP contribution in [-0.4, -0.2) is 23.8 Å². The Morgan fingerprint density at radius 3 is 2.11 bits per heavy atom. The number of likely N-dealkylation sites (N-methyl/N-ethyl adjacent to an activating group) is 1. The maximum Gasteiger partial charge on any atom is 0.255 e. The van der Waals surface area contributed by atoms with E-state index in [-0.39, 0.29) is 11.8 Å². The van der Waals surface area contributed by atoms with Crippen molar-refractivity contribution in [1.82, 2.24) is 4.90 Å². The van der Waals surface area contributed by atoms with Gasteiger partial charge >= 0.3 is 0 Å². The van der Waals surface area contributed by atoms with E-state index in [1.807, 2.05) is 80.7 Å². The van der Waals surface area contributed by atoms with Gasteiger partial charge in [0.1, 0.15) is 0 Å². The first kappa shape index (κ1) is 19.4. The van der Waals surface area contributed by atoms with E-state index in [0.717, 1.165) is 16.7 Å². The minimum absolute atomic E-state index is 0.0558. The summed E-state index contributed by atoms with van der Waals surface area (Å²) in [7, 11) is 1.81. The molecule has 0 aliphatic carbocycles. The van der Waals surface area contributed by atoms with E-state index in [2.05, 4.69) is 5.32 Å². The van der Waals surface area contributed by atoms with Crippen LogP contribution in [0.2, 0.25) is 0 Å². The van der Waals surface area contributed by atoms with Gasteiger partial charge < -0.3 is 10.2 Å². The smallest absolute Gasteiger partial charge is 0.255 e. The number of benzene rings is 3. The second kappa shape index (κ2) is 9.00. The normalized spacial score (nSPS) is 10.4. The largest absolute Gasteiger partial charge is 0.341 e. The fraction of sp³-hybridized carbons (Fsp3) is 0.167. The lowest BCUT2D eigenvalue weighted by molar-refractivity contribution is -0.129. The van der Waals surface area contributed by atoms with E-state index in [4.69, 9.17) is 0 Å². The molecule has 3 aromatic rings. The molecule has 2 amide bonds. The van der Waals surface area contributed by atoms with Gasteiger partial charge in [0.25, 0.3) is 5.91 Å². The van der Waals surface area contributed by atoms with Crippen LogP contribution in [0.3, 0.4) is 0 Å². The van der Waals surface area contributed by atoms with Crippen LogP contribution in [0.15, 0.2) is 78.9 Å². The summed E-state index contributed by atoms with van der Waals surface area (Å²) in [6.45, 7) is 2.57. The number of aryl methyl sites for hydroxylation is 1. The summed E-state index contributed by atoms with van der Waals surface area (Å²) in [6.07, 6.45) is 0.329. The van der Waals surface area contributed by atoms with Gasteiger partial charge in [0, 0.05) is 24.8 Å². The van der Waals surface area contributed by atoms with E-state index in [1.54, 1.807) is 17.0 Å². The number of carbonyl (C=O) groups is 2. The fourth-order valence-corrected chi connectivity index (χ4v) is 2.87. The van der Waals surface area contributed by atoms with Crippen molar-refractivity contribution in [2.45, 2.75) is 19.9 Å². The molecule has 1 N–H and O–H groups in total. The van der Waals surface area contributed by atoms with Crippen molar-refractivity contribution in [1.29, 1.82) is 0 Å². The molecule has 0 aliphatic heterocycles. The van der Waals surface area contributed by atoms with Crippen LogP contribution < -0.4 is 5.32 Å². The van der Waals surface area contributed by atoms with Crippen LogP contribution in [0.1, 0.15) is 27.0 Å². The average molecular weight is 372 g/mol. The first-order valence-electron chi connectivity index (χ1n) is 9.26. The Morgan fingerprint density at radius 2 is 1.46 bits per heavy atom. The molecule has 4 heteroatoms. The summed E-state index contributed by atoms with van der Waals surface area (Å²) in [5.41, 5.74) is 4.46. The molecule has 142 valence electrons. The topological polar surface area (TPSA) is 49.4 Å². The quantitative estimate of drug-likeness (QED) is 0.695. The molecule has 28 heavy (non-hydrogen) atoms. The number of hydrogen-bond donors (Lipinski definition) is 1. The van der Waals surface area contributed by atoms with Crippen LogP contribution in [0, 0.1) is 6.92 Å². The SMILES string of the molecule is Cc1ccc(C(=O)Nc2ccc(CC(=O)N(C)Cc3ccccc3)cc2)cc1. The highest BCUT2D eigenvalue weighted by Gasteiger charge is 2.11. The first-order chi connectivity index (χ1) is 13.5. The molecule has 0 radical (unpaired) electrons. The van der Waals surface area contributed by atoms with Gasteiger partial charge in [-0.15, -0.1) is 0 Å². The Hall–Kier alpha value is -3.40. The minimum Gasteiger partial charge on any atom is -0.341 e. The van der Waals surface area contributed by atoms with Gasteiger partial charge in [0.05, 0.1) is 6.42 Å². The van der Waals surface area contributed by atoms with Crippen molar-refractivity contribution in [3.63, 3.8) is 0 Å². The van der Waals surface area contributed by atoms with Crippen molar-refractivity contribution in [3.8, 4) is 0 Å². The van der Waals surface area contributed by atoms with Gasteiger partial charge in [0.2, 0.25) is 5.91 Å². The zero-order chi connectivity index (χ0) is 19.9. The number of anilines is 1. The van der Waals surface area contributed by atoms with Crippen LogP contribution in [-0.2, 0) is 17.8 Å². The molecule has 0 fully saturated rings. The molecule has 0 spiro atoms. The van der Waals surface area contributed by atoms with Gasteiger partial charge in [-0.2, -0.15) is 0 Å². The molecular formula is C24H24N2O2. The van der Waals surface area contributed by atoms with Gasteiger partial charge in [-0.1, -0.05) is 60.2 Å². The van der Waals surface area contributed by atoms with E-state index in [9.17, 15) is 9.59 Å². The van der Waals surface area contributed by atoms with Crippen LogP contribution in [0.4, 0.5) is 5.69 Å². The Morgan fingerprint density at radius 1 is 0.821 bits per heavy atom. The van der Waals surface area contributed by atoms with Gasteiger partial charge in [-0.25, -0.2) is 0 Å². The number of amides is 2. The molecule has 0 saturated carbocycles. The molecule has 0 unspecified atom stereocenters. The maximum atomic E-state index is 12.4. The van der Waals surface area contributed by atoms with E-state index in [1.165, 1.54) is 0 Å². The van der Waals surface area contributed by atoms with Crippen molar-refractivity contribution >= 4 is 17.5 Å². The summed E-state index contributed by atoms with van der Waals surface area (Å²) in [5.74, 6) is -0.0910. The van der Waals surface area contributed by atoms with Gasteiger partial charge in [-0.05, 0) is 42.3 Å². The summed E-state index contributed by atoms with van der Waals surface area (Å²) < 4.78 is 0. The zero-order valence-corrected chi connectivity index (χ0v) is 16.2. The number of nitrogens with one attached hydrogen (secondary N) is 1. The van der Waals surface area contributed by atoms with Gasteiger partial charge in [-0.3, -0.25) is 9.59 Å². The number of rotatable bonds is 6. The number of nitrogens with zero attached hydrogens (tertiary/aromatic N) is 1. The first-order valence-corrected chi connectivity index (χ1v) is 9.26. The van der Waals surface area contributed by atoms with Crippen molar-refractivity contribution < 1.29 is 9.59 Å². The maximum absolute atomic E-state index is 12.4. The molecule has 0 aliphatic rings. The molecule has 4 nitrogen and oxygen atoms in total. The summed E-state index contributed by atoms with van der Waals surface area (Å²) in [4.78, 5) is 26.5. The van der Waals surface area contributed by atoms with Crippen LogP contribution in [0.25, 0.3) is 0 Å². The highest BCUT2D eigenvalue weighted by Crippen LogP contribution is 2.13. The molecule has 3 aromatic carbocycles. The van der Waals surface area contributed by atoms with Crippen LogP contribution in [0.5, 0.6) is 0 Å². The minimum atomic E-state index is -0.147. The fourth-order valence-electron chi connectivity index (χ4n) is 2.87. The Kier molecular flexibility index (Phi) is 6.22. The second-order valence-corrected chi connectivity index (χ2v) is 6.93. The average Bonchev–Trinajstić information content (AvgIpc) is 2.70. The molecule has 0 heterocycles. The second-order valence-electron chi connectivity index (χ2n) is 6.93. The van der Waals surface area contributed by atoms with Gasteiger partial charge in [0.15, 0.2) is 0 Å². The summed E-state index contributed by atoms with van der Waals surface area (Å²) in [5, 5.41) is 2.88. The molecule has 0 bridgehead atoms. The lowest BCUT2D eigenvalue weighted by atomic mass is 10.1. The highest BCUT2D eigenvalue weighted by molar-refractivity contribution is 6.04. The number of hydrogen-bond acceptors (Lipinski definition) is 2. The molecule has 0 saturated heterocycles. The highest BCUT2D eigenvalue weighted by atomic mass is 16.2. The van der Waals surface area contributed by atoms with Crippen molar-refractivity contribution in [3.05, 3.63) is 101 Å². The lowest BCUT2D eigenvalue weighted by Crippen LogP contribution is -2.27. The van der Waals surface area contributed by atoms with E-state index >= 15 is 0 Å². The van der Waals surface area contributed by atoms with E-state index in [0.29, 0.717) is 24.2 Å². The Labute approximate surface area is 165 Å². The Balaban J connectivity index is 1.55. The van der Waals surface area contributed by atoms with E-state index < -0.39 is 0 Å². The molecule has 0 atom stereocenters. The third-order valence-electron chi connectivity index (χ3n) is 4.57. The summed E-state index contributed by atoms with van der Waals surface area (Å²) >= 11 is 0. The van der Waals surface area contributed by atoms with Crippen molar-refractivity contribution in [2.24, 2.45) is 0 Å². The third kappa shape index (κ3) is 5.30. The zero-order valence-electron chi connectivity index (χ0n) is 16.2. The predicted molar refractivity (Wildman–Crippen MR) is 112 cm³/mol. The van der Waals surface area contributed by atoms with Crippen molar-refractivity contribution in [2.75, 3.05) is 12.4 Å². The van der Waals surface area contributed by atoms with Crippen LogP contribution >= 0.6 is 0 Å². The molecule has 3 rings (SSSR count). The number of carbonyl (C=O) groups excluding carboxylic acids is 2.